The Morgan fingerprint density at radius 2 is 1.92 bits per heavy atom. The van der Waals surface area contributed by atoms with E-state index < -0.39 is 22.0 Å². The normalized spacial score (nSPS) is 10.2. The summed E-state index contributed by atoms with van der Waals surface area (Å²) in [5, 5.41) is 0. The summed E-state index contributed by atoms with van der Waals surface area (Å²) in [5.74, 6) is 0. The first kappa shape index (κ1) is 11.0. The first-order valence-corrected chi connectivity index (χ1v) is 6.92. The number of rotatable bonds is 6. The van der Waals surface area contributed by atoms with Gasteiger partial charge in [-0.2, -0.15) is 0 Å². The zero-order chi connectivity index (χ0) is 9.36. The van der Waals surface area contributed by atoms with E-state index in [1.807, 2.05) is 6.07 Å². The molecule has 0 spiro atoms. The first-order chi connectivity index (χ1) is 6.43. The van der Waals surface area contributed by atoms with Crippen LogP contribution in [0.5, 0.6) is 0 Å². The summed E-state index contributed by atoms with van der Waals surface area (Å²) in [4.78, 5) is 0. The van der Waals surface area contributed by atoms with E-state index in [4.69, 9.17) is 6.52 Å². The molecule has 0 heterocycles. The summed E-state index contributed by atoms with van der Waals surface area (Å²) < 4.78 is 13.5. The van der Waals surface area contributed by atoms with Crippen molar-refractivity contribution in [3.05, 3.63) is 35.9 Å². The topological polar surface area (TPSA) is 29.5 Å². The number of benzene rings is 1. The number of hydrogen-bond donors (Lipinski definition) is 1. The molecule has 1 rings (SSSR count). The molecule has 0 unspecified atom stereocenters. The fraction of sp³-hybridized carbons (Fsp3) is 0.400. The van der Waals surface area contributed by atoms with Crippen LogP contribution in [0.4, 0.5) is 0 Å². The van der Waals surface area contributed by atoms with Gasteiger partial charge in [-0.25, -0.2) is 0 Å². The van der Waals surface area contributed by atoms with Crippen LogP contribution in [0, 0.1) is 0 Å². The SMILES string of the molecule is [OH][Sn][O]CCCCc1ccccc1. The Morgan fingerprint density at radius 3 is 2.62 bits per heavy atom. The van der Waals surface area contributed by atoms with Gasteiger partial charge in [-0.3, -0.25) is 0 Å². The second-order valence-corrected chi connectivity index (χ2v) is 4.23. The van der Waals surface area contributed by atoms with Gasteiger partial charge in [-0.15, -0.1) is 0 Å². The number of hydrogen-bond acceptors (Lipinski definition) is 2. The molecule has 1 N–H and O–H groups in total. The Bertz CT molecular complexity index is 213. The molecule has 0 fully saturated rings. The summed E-state index contributed by atoms with van der Waals surface area (Å²) in [6, 6.07) is 10.4. The maximum absolute atomic E-state index is 8.53. The molecule has 0 aliphatic heterocycles. The van der Waals surface area contributed by atoms with Crippen molar-refractivity contribution in [1.29, 1.82) is 0 Å². The molecule has 13 heavy (non-hydrogen) atoms. The van der Waals surface area contributed by atoms with Crippen LogP contribution in [0.15, 0.2) is 30.3 Å². The van der Waals surface area contributed by atoms with Gasteiger partial charge in [0, 0.05) is 0 Å². The molecule has 1 aromatic carbocycles. The third-order valence-corrected chi connectivity index (χ3v) is 2.82. The standard InChI is InChI=1S/C10H13O.H2O.Sn/c11-9-5-4-8-10-6-2-1-3-7-10;;/h1-3,6-7H,4-5,8-9H2;1H2;/q-1;;+2/p-1. The van der Waals surface area contributed by atoms with Gasteiger partial charge < -0.3 is 0 Å². The van der Waals surface area contributed by atoms with E-state index in [0.717, 1.165) is 25.9 Å². The Labute approximate surface area is 90.2 Å². The fourth-order valence-corrected chi connectivity index (χ4v) is 1.87. The predicted octanol–water partition coefficient (Wildman–Crippen LogP) is 1.55. The van der Waals surface area contributed by atoms with Crippen molar-refractivity contribution in [2.24, 2.45) is 0 Å². The van der Waals surface area contributed by atoms with E-state index in [-0.39, 0.29) is 0 Å². The Morgan fingerprint density at radius 1 is 1.15 bits per heavy atom. The van der Waals surface area contributed by atoms with E-state index in [1.165, 1.54) is 5.56 Å². The van der Waals surface area contributed by atoms with Crippen molar-refractivity contribution in [2.45, 2.75) is 19.3 Å². The van der Waals surface area contributed by atoms with Gasteiger partial charge in [0.25, 0.3) is 0 Å². The molecule has 3 heteroatoms. The predicted molar refractivity (Wildman–Crippen MR) is 53.3 cm³/mol. The van der Waals surface area contributed by atoms with Gasteiger partial charge in [0.15, 0.2) is 0 Å². The monoisotopic (exact) mass is 286 g/mol. The molecule has 0 saturated heterocycles. The Balaban J connectivity index is 2.07. The molecular weight excluding hydrogens is 271 g/mol. The molecule has 0 aliphatic rings. The quantitative estimate of drug-likeness (QED) is 0.635. The van der Waals surface area contributed by atoms with Crippen LogP contribution < -0.4 is 0 Å². The molecule has 1 aromatic rings. The Kier molecular flexibility index (Phi) is 6.23. The molecule has 2 nitrogen and oxygen atoms in total. The van der Waals surface area contributed by atoms with Crippen LogP contribution in [-0.2, 0) is 9.49 Å². The van der Waals surface area contributed by atoms with E-state index >= 15 is 0 Å². The van der Waals surface area contributed by atoms with Gasteiger partial charge in [-0.05, 0) is 0 Å². The summed E-state index contributed by atoms with van der Waals surface area (Å²) >= 11 is -1.40. The van der Waals surface area contributed by atoms with Crippen LogP contribution in [-0.4, -0.2) is 32.0 Å². The molecule has 0 aliphatic carbocycles. The van der Waals surface area contributed by atoms with E-state index in [1.54, 1.807) is 0 Å². The van der Waals surface area contributed by atoms with Crippen LogP contribution in [0.1, 0.15) is 18.4 Å². The van der Waals surface area contributed by atoms with E-state index in [2.05, 4.69) is 24.3 Å². The molecule has 0 aromatic heterocycles. The van der Waals surface area contributed by atoms with Crippen molar-refractivity contribution >= 4 is 22.0 Å². The van der Waals surface area contributed by atoms with Gasteiger partial charge >= 0.3 is 90.3 Å². The van der Waals surface area contributed by atoms with Crippen molar-refractivity contribution in [3.63, 3.8) is 0 Å². The van der Waals surface area contributed by atoms with Crippen molar-refractivity contribution in [3.8, 4) is 0 Å². The maximum atomic E-state index is 8.53. The summed E-state index contributed by atoms with van der Waals surface area (Å²) in [6.07, 6.45) is 3.31. The summed E-state index contributed by atoms with van der Waals surface area (Å²) in [7, 11) is 0. The van der Waals surface area contributed by atoms with Crippen LogP contribution in [0.2, 0.25) is 0 Å². The zero-order valence-corrected chi connectivity index (χ0v) is 10.4. The van der Waals surface area contributed by atoms with E-state index in [9.17, 15) is 0 Å². The molecule has 0 saturated carbocycles. The third kappa shape index (κ3) is 5.28. The van der Waals surface area contributed by atoms with Crippen molar-refractivity contribution in [1.82, 2.24) is 0 Å². The summed E-state index contributed by atoms with van der Waals surface area (Å²) in [5.41, 5.74) is 1.38. The second kappa shape index (κ2) is 7.35. The van der Waals surface area contributed by atoms with Crippen LogP contribution >= 0.6 is 0 Å². The van der Waals surface area contributed by atoms with Crippen molar-refractivity contribution < 1.29 is 6.52 Å². The van der Waals surface area contributed by atoms with Crippen LogP contribution in [0.3, 0.4) is 0 Å². The van der Waals surface area contributed by atoms with Gasteiger partial charge in [-0.1, -0.05) is 0 Å². The fourth-order valence-electron chi connectivity index (χ4n) is 1.19. The van der Waals surface area contributed by atoms with Crippen LogP contribution in [0.25, 0.3) is 0 Å². The molecule has 70 valence electrons. The minimum absolute atomic E-state index is 0.732. The third-order valence-electron chi connectivity index (χ3n) is 1.87. The molecule has 0 atom stereocenters. The molecule has 2 radical (unpaired) electrons. The number of unbranched alkanes of at least 4 members (excludes halogenated alkanes) is 1. The van der Waals surface area contributed by atoms with Gasteiger partial charge in [0.1, 0.15) is 0 Å². The average Bonchev–Trinajstić information content (AvgIpc) is 2.19. The zero-order valence-electron chi connectivity index (χ0n) is 7.57. The Hall–Kier alpha value is -0.0613. The molecule has 0 amide bonds. The number of aryl methyl sites for hydroxylation is 1. The molecular formula is C10H14O2Sn. The van der Waals surface area contributed by atoms with E-state index in [0.29, 0.717) is 0 Å². The second-order valence-electron chi connectivity index (χ2n) is 2.88. The molecule has 0 bridgehead atoms. The minimum atomic E-state index is -1.40. The first-order valence-electron chi connectivity index (χ1n) is 4.48. The average molecular weight is 285 g/mol. The van der Waals surface area contributed by atoms with Gasteiger partial charge in [0.2, 0.25) is 0 Å². The van der Waals surface area contributed by atoms with Crippen molar-refractivity contribution in [2.75, 3.05) is 6.61 Å². The van der Waals surface area contributed by atoms with Gasteiger partial charge in [0.05, 0.1) is 0 Å². The summed E-state index contributed by atoms with van der Waals surface area (Å²) in [6.45, 7) is 0.732.